The molecular weight excluding hydrogens is 651 g/mol. The summed E-state index contributed by atoms with van der Waals surface area (Å²) in [5.41, 5.74) is 21.5. The molecule has 0 bridgehead atoms. The SMILES string of the molecule is CC1c2ccccc2-c2cc(-c3ccc(-c4ccccc4)cc3)c(N(c3ccc(-c4ccccc4)cc3)c3ccc4c(c3)C(C)(C)c3ccccc3-4)cc21. The predicted molar refractivity (Wildman–Crippen MR) is 228 cm³/mol. The Hall–Kier alpha value is -6.44. The summed E-state index contributed by atoms with van der Waals surface area (Å²) in [6.45, 7) is 7.10. The molecule has 0 spiro atoms. The molecule has 2 aliphatic rings. The summed E-state index contributed by atoms with van der Waals surface area (Å²) < 4.78 is 0. The average Bonchev–Trinajstić information content (AvgIpc) is 3.64. The first kappa shape index (κ1) is 32.2. The van der Waals surface area contributed by atoms with Gasteiger partial charge in [0.1, 0.15) is 0 Å². The number of hydrogen-bond acceptors (Lipinski definition) is 1. The first-order chi connectivity index (χ1) is 26.5. The Balaban J connectivity index is 1.20. The second-order valence-corrected chi connectivity index (χ2v) is 15.4. The maximum absolute atomic E-state index is 2.50. The highest BCUT2D eigenvalue weighted by molar-refractivity contribution is 5.95. The normalized spacial score (nSPS) is 14.5. The number of benzene rings is 8. The monoisotopic (exact) mass is 691 g/mol. The van der Waals surface area contributed by atoms with Crippen LogP contribution in [0.5, 0.6) is 0 Å². The minimum atomic E-state index is -0.116. The van der Waals surface area contributed by atoms with Gasteiger partial charge >= 0.3 is 0 Å². The van der Waals surface area contributed by atoms with Crippen LogP contribution in [0.15, 0.2) is 188 Å². The lowest BCUT2D eigenvalue weighted by Gasteiger charge is -2.31. The Kier molecular flexibility index (Phi) is 7.52. The molecule has 1 heteroatoms. The number of fused-ring (bicyclic) bond motifs is 6. The van der Waals surface area contributed by atoms with Crippen molar-refractivity contribution in [1.82, 2.24) is 0 Å². The second kappa shape index (κ2) is 12.6. The van der Waals surface area contributed by atoms with E-state index in [2.05, 4.69) is 214 Å². The molecule has 1 atom stereocenters. The molecule has 0 heterocycles. The third-order valence-corrected chi connectivity index (χ3v) is 12.0. The summed E-state index contributed by atoms with van der Waals surface area (Å²) in [4.78, 5) is 2.50. The number of nitrogens with zero attached hydrogens (tertiary/aromatic N) is 1. The molecule has 0 radical (unpaired) electrons. The maximum atomic E-state index is 2.50. The van der Waals surface area contributed by atoms with Gasteiger partial charge in [-0.2, -0.15) is 0 Å². The number of hydrogen-bond donors (Lipinski definition) is 0. The first-order valence-electron chi connectivity index (χ1n) is 19.1. The van der Waals surface area contributed by atoms with Crippen LogP contribution in [0.4, 0.5) is 17.1 Å². The lowest BCUT2D eigenvalue weighted by atomic mass is 9.82. The van der Waals surface area contributed by atoms with Gasteiger partial charge in [0, 0.05) is 28.3 Å². The van der Waals surface area contributed by atoms with Crippen molar-refractivity contribution >= 4 is 17.1 Å². The van der Waals surface area contributed by atoms with Crippen molar-refractivity contribution in [1.29, 1.82) is 0 Å². The zero-order chi connectivity index (χ0) is 36.4. The molecule has 1 nitrogen and oxygen atoms in total. The Bertz CT molecular complexity index is 2670. The van der Waals surface area contributed by atoms with Gasteiger partial charge in [0.15, 0.2) is 0 Å². The van der Waals surface area contributed by atoms with Gasteiger partial charge in [-0.05, 0) is 109 Å². The molecule has 258 valence electrons. The van der Waals surface area contributed by atoms with E-state index >= 15 is 0 Å². The van der Waals surface area contributed by atoms with Crippen LogP contribution in [-0.4, -0.2) is 0 Å². The van der Waals surface area contributed by atoms with Gasteiger partial charge in [-0.25, -0.2) is 0 Å². The van der Waals surface area contributed by atoms with Crippen LogP contribution in [0.1, 0.15) is 48.9 Å². The van der Waals surface area contributed by atoms with Gasteiger partial charge in [0.25, 0.3) is 0 Å². The van der Waals surface area contributed by atoms with Crippen LogP contribution in [0.2, 0.25) is 0 Å². The highest BCUT2D eigenvalue weighted by Gasteiger charge is 2.36. The smallest absolute Gasteiger partial charge is 0.0543 e. The maximum Gasteiger partial charge on any atom is 0.0543 e. The first-order valence-corrected chi connectivity index (χ1v) is 19.1. The van der Waals surface area contributed by atoms with Crippen LogP contribution < -0.4 is 4.90 Å². The van der Waals surface area contributed by atoms with E-state index in [0.29, 0.717) is 5.92 Å². The molecule has 10 rings (SSSR count). The minimum absolute atomic E-state index is 0.116. The van der Waals surface area contributed by atoms with Gasteiger partial charge in [-0.15, -0.1) is 0 Å². The van der Waals surface area contributed by atoms with Crippen molar-refractivity contribution in [3.63, 3.8) is 0 Å². The van der Waals surface area contributed by atoms with Crippen molar-refractivity contribution in [2.75, 3.05) is 4.90 Å². The molecular formula is C53H41N. The summed E-state index contributed by atoms with van der Waals surface area (Å²) in [7, 11) is 0. The zero-order valence-electron chi connectivity index (χ0n) is 30.9. The fraction of sp³-hybridized carbons (Fsp3) is 0.0943. The molecule has 54 heavy (non-hydrogen) atoms. The van der Waals surface area contributed by atoms with Crippen molar-refractivity contribution in [2.45, 2.75) is 32.1 Å². The van der Waals surface area contributed by atoms with Gasteiger partial charge < -0.3 is 4.90 Å². The van der Waals surface area contributed by atoms with Gasteiger partial charge in [-0.3, -0.25) is 0 Å². The molecule has 0 aromatic heterocycles. The van der Waals surface area contributed by atoms with E-state index in [-0.39, 0.29) is 5.41 Å². The molecule has 0 amide bonds. The van der Waals surface area contributed by atoms with Gasteiger partial charge in [-0.1, -0.05) is 172 Å². The largest absolute Gasteiger partial charge is 0.310 e. The summed E-state index contributed by atoms with van der Waals surface area (Å²) >= 11 is 0. The Morgan fingerprint density at radius 2 is 0.889 bits per heavy atom. The fourth-order valence-corrected chi connectivity index (χ4v) is 9.06. The molecule has 8 aromatic carbocycles. The third-order valence-electron chi connectivity index (χ3n) is 12.0. The van der Waals surface area contributed by atoms with E-state index < -0.39 is 0 Å². The molecule has 0 saturated carbocycles. The van der Waals surface area contributed by atoms with E-state index in [1.807, 2.05) is 0 Å². The van der Waals surface area contributed by atoms with Crippen molar-refractivity contribution in [3.8, 4) is 55.6 Å². The van der Waals surface area contributed by atoms with E-state index in [9.17, 15) is 0 Å². The quantitative estimate of drug-likeness (QED) is 0.168. The Morgan fingerprint density at radius 3 is 1.57 bits per heavy atom. The number of rotatable bonds is 6. The molecule has 2 aliphatic carbocycles. The van der Waals surface area contributed by atoms with Crippen LogP contribution >= 0.6 is 0 Å². The summed E-state index contributed by atoms with van der Waals surface area (Å²) in [6.07, 6.45) is 0. The van der Waals surface area contributed by atoms with Crippen LogP contribution in [0.25, 0.3) is 55.6 Å². The topological polar surface area (TPSA) is 3.24 Å². The van der Waals surface area contributed by atoms with Crippen molar-refractivity contribution < 1.29 is 0 Å². The van der Waals surface area contributed by atoms with Crippen LogP contribution in [0, 0.1) is 0 Å². The molecule has 1 unspecified atom stereocenters. The second-order valence-electron chi connectivity index (χ2n) is 15.4. The summed E-state index contributed by atoms with van der Waals surface area (Å²) in [5.74, 6) is 0.292. The minimum Gasteiger partial charge on any atom is -0.310 e. The Labute approximate surface area is 318 Å². The third kappa shape index (κ3) is 5.15. The van der Waals surface area contributed by atoms with E-state index in [4.69, 9.17) is 0 Å². The molecule has 0 N–H and O–H groups in total. The van der Waals surface area contributed by atoms with Crippen molar-refractivity contribution in [3.05, 3.63) is 210 Å². The van der Waals surface area contributed by atoms with Crippen molar-refractivity contribution in [2.24, 2.45) is 0 Å². The van der Waals surface area contributed by atoms with E-state index in [0.717, 1.165) is 11.4 Å². The molecule has 0 aliphatic heterocycles. The van der Waals surface area contributed by atoms with Crippen LogP contribution in [0.3, 0.4) is 0 Å². The highest BCUT2D eigenvalue weighted by Crippen LogP contribution is 2.54. The molecule has 0 fully saturated rings. The van der Waals surface area contributed by atoms with E-state index in [1.165, 1.54) is 83.6 Å². The number of anilines is 3. The van der Waals surface area contributed by atoms with Gasteiger partial charge in [0.2, 0.25) is 0 Å². The van der Waals surface area contributed by atoms with Crippen LogP contribution in [-0.2, 0) is 5.41 Å². The lowest BCUT2D eigenvalue weighted by Crippen LogP contribution is -2.17. The van der Waals surface area contributed by atoms with E-state index in [1.54, 1.807) is 0 Å². The lowest BCUT2D eigenvalue weighted by molar-refractivity contribution is 0.660. The standard InChI is InChI=1S/C53H41N/c1-35-43-18-10-11-19-44(43)49-33-48(40-24-22-38(23-25-40)36-14-6-4-7-15-36)52(34-47(35)49)54(41-28-26-39(27-29-41)37-16-8-5-9-17-37)42-30-31-46-45-20-12-13-21-50(45)53(2,3)51(46)32-42/h4-35H,1-3H3. The molecule has 8 aromatic rings. The summed E-state index contributed by atoms with van der Waals surface area (Å²) in [6, 6.07) is 69.5. The average molecular weight is 692 g/mol. The Morgan fingerprint density at radius 1 is 0.370 bits per heavy atom. The fourth-order valence-electron chi connectivity index (χ4n) is 9.06. The summed E-state index contributed by atoms with van der Waals surface area (Å²) in [5, 5.41) is 0. The predicted octanol–water partition coefficient (Wildman–Crippen LogP) is 14.6. The highest BCUT2D eigenvalue weighted by atomic mass is 15.1. The van der Waals surface area contributed by atoms with Gasteiger partial charge in [0.05, 0.1) is 5.69 Å². The zero-order valence-corrected chi connectivity index (χ0v) is 30.9. The molecule has 0 saturated heterocycles.